The lowest BCUT2D eigenvalue weighted by atomic mass is 9.93. The quantitative estimate of drug-likeness (QED) is 0.172. The number of benzene rings is 3. The van der Waals surface area contributed by atoms with Gasteiger partial charge in [0.15, 0.2) is 17.4 Å². The van der Waals surface area contributed by atoms with Gasteiger partial charge < -0.3 is 29.2 Å². The number of methoxy groups -OCH3 is 1. The maximum absolute atomic E-state index is 16.8. The van der Waals surface area contributed by atoms with E-state index in [-0.39, 0.29) is 30.3 Å². The molecular weight excluding hydrogens is 688 g/mol. The van der Waals surface area contributed by atoms with Crippen molar-refractivity contribution in [3.63, 3.8) is 0 Å². The molecule has 12 nitrogen and oxygen atoms in total. The molecule has 1 N–H and O–H groups in total. The van der Waals surface area contributed by atoms with Gasteiger partial charge in [-0.2, -0.15) is 0 Å². The molecule has 274 valence electrons. The number of aromatic nitrogens is 5. The number of aryl methyl sites for hydroxylation is 1. The highest BCUT2D eigenvalue weighted by atomic mass is 19.1. The van der Waals surface area contributed by atoms with Crippen LogP contribution in [0.25, 0.3) is 27.6 Å². The fraction of sp³-hybridized carbons (Fsp3) is 0.244. The van der Waals surface area contributed by atoms with E-state index in [2.05, 4.69) is 25.2 Å². The lowest BCUT2D eigenvalue weighted by Gasteiger charge is -2.35. The normalized spacial score (nSPS) is 14.6. The predicted octanol–water partition coefficient (Wildman–Crippen LogP) is 6.43. The molecule has 8 rings (SSSR count). The Bertz CT molecular complexity index is 2320. The Morgan fingerprint density at radius 3 is 2.44 bits per heavy atom. The Morgan fingerprint density at radius 1 is 0.852 bits per heavy atom. The summed E-state index contributed by atoms with van der Waals surface area (Å²) in [5.41, 5.74) is 3.07. The highest BCUT2D eigenvalue weighted by molar-refractivity contribution is 6.05. The molecule has 2 amide bonds. The number of nitrogens with one attached hydrogen (secondary N) is 1. The number of hydrogen-bond acceptors (Lipinski definition) is 8. The van der Waals surface area contributed by atoms with Gasteiger partial charge in [-0.15, -0.1) is 5.10 Å². The average Bonchev–Trinajstić information content (AvgIpc) is 3.92. The monoisotopic (exact) mass is 726 g/mol. The second kappa shape index (κ2) is 15.2. The number of ether oxygens (including phenoxy) is 2. The van der Waals surface area contributed by atoms with Crippen molar-refractivity contribution >= 4 is 34.1 Å². The fourth-order valence-corrected chi connectivity index (χ4v) is 7.18. The number of carbonyl (C=O) groups is 2. The number of nitrogens with zero attached hydrogens (tertiary/aromatic N) is 7. The third kappa shape index (κ3) is 6.99. The number of anilines is 1. The van der Waals surface area contributed by atoms with Crippen LogP contribution in [0.4, 0.5) is 10.2 Å². The van der Waals surface area contributed by atoms with Gasteiger partial charge in [-0.05, 0) is 60.0 Å². The number of amides is 2. The summed E-state index contributed by atoms with van der Waals surface area (Å²) >= 11 is 0. The molecule has 6 aromatic rings. The van der Waals surface area contributed by atoms with E-state index >= 15 is 4.39 Å². The van der Waals surface area contributed by atoms with E-state index < -0.39 is 5.82 Å². The minimum Gasteiger partial charge on any atom is -0.496 e. The van der Waals surface area contributed by atoms with Gasteiger partial charge in [0.25, 0.3) is 5.91 Å². The molecule has 54 heavy (non-hydrogen) atoms. The third-order valence-electron chi connectivity index (χ3n) is 9.94. The Hall–Kier alpha value is -6.50. The second-order valence-electron chi connectivity index (χ2n) is 13.2. The predicted molar refractivity (Wildman–Crippen MR) is 203 cm³/mol. The van der Waals surface area contributed by atoms with E-state index in [4.69, 9.17) is 9.47 Å². The maximum atomic E-state index is 16.8. The Balaban J connectivity index is 1.06. The molecule has 0 atom stereocenters. The molecule has 2 aliphatic heterocycles. The summed E-state index contributed by atoms with van der Waals surface area (Å²) in [4.78, 5) is 40.7. The van der Waals surface area contributed by atoms with Gasteiger partial charge in [-0.25, -0.2) is 9.37 Å². The van der Waals surface area contributed by atoms with Crippen molar-refractivity contribution in [3.05, 3.63) is 121 Å². The number of piperazine rings is 1. The number of aromatic amines is 1. The van der Waals surface area contributed by atoms with E-state index in [0.29, 0.717) is 91.0 Å². The molecule has 13 heteroatoms. The van der Waals surface area contributed by atoms with Gasteiger partial charge in [-0.1, -0.05) is 47.7 Å². The first-order chi connectivity index (χ1) is 26.5. The zero-order chi connectivity index (χ0) is 37.0. The smallest absolute Gasteiger partial charge is 0.270 e. The molecule has 5 heterocycles. The number of rotatable bonds is 10. The molecule has 1 saturated heterocycles. The molecule has 0 aliphatic carbocycles. The first kappa shape index (κ1) is 34.6. The van der Waals surface area contributed by atoms with E-state index in [0.717, 1.165) is 11.1 Å². The average molecular weight is 727 g/mol. The lowest BCUT2D eigenvalue weighted by molar-refractivity contribution is -0.131. The largest absolute Gasteiger partial charge is 0.496 e. The Labute approximate surface area is 311 Å². The van der Waals surface area contributed by atoms with Crippen LogP contribution in [0.2, 0.25) is 0 Å². The van der Waals surface area contributed by atoms with Crippen LogP contribution < -0.4 is 14.4 Å². The number of carbonyl (C=O) groups excluding carboxylic acids is 2. The number of H-pyrrole nitrogens is 1. The van der Waals surface area contributed by atoms with Gasteiger partial charge >= 0.3 is 0 Å². The first-order valence-corrected chi connectivity index (χ1v) is 18.0. The van der Waals surface area contributed by atoms with E-state index in [1.165, 1.54) is 0 Å². The number of halogens is 1. The molecule has 1 fully saturated rings. The van der Waals surface area contributed by atoms with E-state index in [9.17, 15) is 9.59 Å². The second-order valence-corrected chi connectivity index (χ2v) is 13.2. The zero-order valence-corrected chi connectivity index (χ0v) is 29.8. The highest BCUT2D eigenvalue weighted by Gasteiger charge is 2.29. The molecule has 2 aliphatic rings. The molecule has 0 bridgehead atoms. The summed E-state index contributed by atoms with van der Waals surface area (Å²) in [5, 5.41) is 8.32. The third-order valence-corrected chi connectivity index (χ3v) is 9.94. The summed E-state index contributed by atoms with van der Waals surface area (Å²) in [6.07, 6.45) is 7.86. The van der Waals surface area contributed by atoms with Crippen LogP contribution in [-0.2, 0) is 11.3 Å². The number of hydrogen-bond donors (Lipinski definition) is 1. The van der Waals surface area contributed by atoms with Crippen LogP contribution >= 0.6 is 0 Å². The first-order valence-electron chi connectivity index (χ1n) is 18.0. The number of para-hydroxylation sites is 2. The van der Waals surface area contributed by atoms with E-state index in [1.807, 2.05) is 78.9 Å². The lowest BCUT2D eigenvalue weighted by Crippen LogP contribution is -2.49. The molecule has 0 spiro atoms. The minimum absolute atomic E-state index is 0.0432. The van der Waals surface area contributed by atoms with Gasteiger partial charge in [-0.3, -0.25) is 14.3 Å². The van der Waals surface area contributed by atoms with Crippen molar-refractivity contribution in [2.75, 3.05) is 51.3 Å². The molecule has 0 radical (unpaired) electrons. The maximum Gasteiger partial charge on any atom is 0.270 e. The fourth-order valence-electron chi connectivity index (χ4n) is 7.18. The molecule has 0 saturated carbocycles. The standard InChI is InChI=1S/C41H39FN8O4/c1-53-35-13-6-5-12-30(35)32-25-31(28-9-8-18-49(27-28)37(51)15-19-50-20-17-44-46-50)38(42)39-33(32)26-34(45-39)41(52)48-23-21-47(22-24-48)40-36(14-7-16-43-40)54-29-10-3-2-4-11-29/h2-7,9-14,16-17,20,25-26,45H,8,15,18-19,21-24,27H2,1H3. The summed E-state index contributed by atoms with van der Waals surface area (Å²) in [6.45, 7) is 3.18. The zero-order valence-electron chi connectivity index (χ0n) is 29.8. The van der Waals surface area contributed by atoms with Gasteiger partial charge in [0.2, 0.25) is 5.91 Å². The summed E-state index contributed by atoms with van der Waals surface area (Å²) in [7, 11) is 1.60. The van der Waals surface area contributed by atoms with Crippen LogP contribution in [0, 0.1) is 5.82 Å². The van der Waals surface area contributed by atoms with Crippen molar-refractivity contribution < 1.29 is 23.5 Å². The van der Waals surface area contributed by atoms with Crippen molar-refractivity contribution in [1.82, 2.24) is 34.8 Å². The summed E-state index contributed by atoms with van der Waals surface area (Å²) in [6, 6.07) is 24.4. The van der Waals surface area contributed by atoms with Gasteiger partial charge in [0.1, 0.15) is 17.2 Å². The van der Waals surface area contributed by atoms with Crippen molar-refractivity contribution in [2.45, 2.75) is 19.4 Å². The molecule has 0 unspecified atom stereocenters. The van der Waals surface area contributed by atoms with Crippen LogP contribution in [-0.4, -0.2) is 93.0 Å². The molecule has 3 aromatic carbocycles. The van der Waals surface area contributed by atoms with Gasteiger partial charge in [0, 0.05) is 74.6 Å². The summed E-state index contributed by atoms with van der Waals surface area (Å²) < 4.78 is 30.3. The van der Waals surface area contributed by atoms with Crippen LogP contribution in [0.1, 0.15) is 28.9 Å². The van der Waals surface area contributed by atoms with Crippen molar-refractivity contribution in [2.24, 2.45) is 0 Å². The Kier molecular flexibility index (Phi) is 9.75. The van der Waals surface area contributed by atoms with E-state index in [1.54, 1.807) is 46.2 Å². The van der Waals surface area contributed by atoms with Crippen LogP contribution in [0.5, 0.6) is 17.2 Å². The van der Waals surface area contributed by atoms with Gasteiger partial charge in [0.05, 0.1) is 25.4 Å². The topological polar surface area (TPSA) is 122 Å². The Morgan fingerprint density at radius 2 is 1.65 bits per heavy atom. The molecule has 3 aromatic heterocycles. The highest BCUT2D eigenvalue weighted by Crippen LogP contribution is 2.40. The van der Waals surface area contributed by atoms with Crippen LogP contribution in [0.15, 0.2) is 104 Å². The molecular formula is C41H39FN8O4. The SMILES string of the molecule is COc1ccccc1-c1cc(C2=CCCN(C(=O)CCn3ccnn3)C2)c(F)c2[nH]c(C(=O)N3CCN(c4ncccc4Oc4ccccc4)CC3)cc12. The minimum atomic E-state index is -0.475. The number of pyridine rings is 1. The van der Waals surface area contributed by atoms with Crippen molar-refractivity contribution in [3.8, 4) is 28.4 Å². The van der Waals surface area contributed by atoms with Crippen LogP contribution in [0.3, 0.4) is 0 Å². The number of fused-ring (bicyclic) bond motifs is 1. The summed E-state index contributed by atoms with van der Waals surface area (Å²) in [5.74, 6) is 1.95. The van der Waals surface area contributed by atoms with Crippen molar-refractivity contribution in [1.29, 1.82) is 0 Å².